The van der Waals surface area contributed by atoms with Crippen molar-refractivity contribution >= 4 is 26.6 Å². The first-order valence-corrected chi connectivity index (χ1v) is 10.8. The number of hydrogen-bond acceptors (Lipinski definition) is 5. The van der Waals surface area contributed by atoms with Gasteiger partial charge in [-0.05, 0) is 11.6 Å². The van der Waals surface area contributed by atoms with Crippen molar-refractivity contribution in [1.82, 2.24) is 9.29 Å². The van der Waals surface area contributed by atoms with Crippen molar-refractivity contribution in [2.24, 2.45) is 0 Å². The molecular weight excluding hydrogens is 439 g/mol. The lowest BCUT2D eigenvalue weighted by Crippen LogP contribution is -2.50. The molecule has 0 aliphatic carbocycles. The molecule has 2 aromatic carbocycles. The first kappa shape index (κ1) is 22.7. The number of benzene rings is 2. The van der Waals surface area contributed by atoms with Crippen LogP contribution in [0, 0.1) is 10.1 Å². The quantitative estimate of drug-likeness (QED) is 0.418. The number of sulfonamides is 1. The van der Waals surface area contributed by atoms with Crippen LogP contribution in [0.15, 0.2) is 54.7 Å². The van der Waals surface area contributed by atoms with Crippen LogP contribution in [0.3, 0.4) is 0 Å². The van der Waals surface area contributed by atoms with E-state index < -0.39 is 38.8 Å². The van der Waals surface area contributed by atoms with Gasteiger partial charge in [-0.15, -0.1) is 0 Å². The van der Waals surface area contributed by atoms with Crippen LogP contribution in [0.2, 0.25) is 0 Å². The maximum atomic E-state index is 13.9. The SMILES string of the molecule is CS(=O)(=O)NCC(O)(c1cn(Cc2ccccc2)c2cc([N+](=O)[O-])ccc12)C(F)(F)F. The third kappa shape index (κ3) is 4.70. The lowest BCUT2D eigenvalue weighted by Gasteiger charge is -2.30. The van der Waals surface area contributed by atoms with Gasteiger partial charge in [-0.25, -0.2) is 13.1 Å². The molecule has 1 atom stereocenters. The fourth-order valence-electron chi connectivity index (χ4n) is 3.22. The van der Waals surface area contributed by atoms with Gasteiger partial charge >= 0.3 is 6.18 Å². The molecule has 0 fully saturated rings. The smallest absolute Gasteiger partial charge is 0.375 e. The van der Waals surface area contributed by atoms with Gasteiger partial charge in [-0.1, -0.05) is 30.3 Å². The minimum absolute atomic E-state index is 0.0753. The molecule has 0 saturated heterocycles. The Morgan fingerprint density at radius 1 is 1.16 bits per heavy atom. The molecule has 0 saturated carbocycles. The summed E-state index contributed by atoms with van der Waals surface area (Å²) < 4.78 is 67.7. The fourth-order valence-corrected chi connectivity index (χ4v) is 3.69. The van der Waals surface area contributed by atoms with Crippen LogP contribution in [0.1, 0.15) is 11.1 Å². The number of non-ortho nitro benzene ring substituents is 1. The van der Waals surface area contributed by atoms with E-state index >= 15 is 0 Å². The molecular formula is C19H18F3N3O5S. The fraction of sp³-hybridized carbons (Fsp3) is 0.263. The van der Waals surface area contributed by atoms with Gasteiger partial charge in [0.05, 0.1) is 23.2 Å². The Morgan fingerprint density at radius 2 is 1.81 bits per heavy atom. The zero-order valence-corrected chi connectivity index (χ0v) is 16.9. The van der Waals surface area contributed by atoms with E-state index in [1.54, 1.807) is 35.1 Å². The Morgan fingerprint density at radius 3 is 2.35 bits per heavy atom. The van der Waals surface area contributed by atoms with Crippen LogP contribution >= 0.6 is 0 Å². The molecule has 8 nitrogen and oxygen atoms in total. The van der Waals surface area contributed by atoms with Gasteiger partial charge in [-0.2, -0.15) is 13.2 Å². The van der Waals surface area contributed by atoms with Crippen LogP contribution in [0.4, 0.5) is 18.9 Å². The summed E-state index contributed by atoms with van der Waals surface area (Å²) in [5.74, 6) is 0. The van der Waals surface area contributed by atoms with Crippen molar-refractivity contribution in [3.8, 4) is 0 Å². The Bertz CT molecular complexity index is 1230. The predicted molar refractivity (Wildman–Crippen MR) is 107 cm³/mol. The molecule has 3 rings (SSSR count). The number of nitro groups is 1. The number of aliphatic hydroxyl groups is 1. The second-order valence-corrected chi connectivity index (χ2v) is 8.90. The summed E-state index contributed by atoms with van der Waals surface area (Å²) >= 11 is 0. The summed E-state index contributed by atoms with van der Waals surface area (Å²) in [4.78, 5) is 10.5. The molecule has 12 heteroatoms. The number of aromatic nitrogens is 1. The van der Waals surface area contributed by atoms with Crippen molar-refractivity contribution in [2.45, 2.75) is 18.3 Å². The second kappa shape index (κ2) is 7.94. The number of nitrogens with one attached hydrogen (secondary N) is 1. The van der Waals surface area contributed by atoms with E-state index in [4.69, 9.17) is 0 Å². The topological polar surface area (TPSA) is 114 Å². The molecule has 0 amide bonds. The van der Waals surface area contributed by atoms with Crippen LogP contribution < -0.4 is 4.72 Å². The lowest BCUT2D eigenvalue weighted by atomic mass is 9.92. The molecule has 0 bridgehead atoms. The maximum absolute atomic E-state index is 13.9. The molecule has 0 aliphatic rings. The Balaban J connectivity index is 2.23. The zero-order valence-electron chi connectivity index (χ0n) is 16.1. The van der Waals surface area contributed by atoms with E-state index in [-0.39, 0.29) is 23.1 Å². The average Bonchev–Trinajstić information content (AvgIpc) is 3.03. The second-order valence-electron chi connectivity index (χ2n) is 7.07. The van der Waals surface area contributed by atoms with Crippen LogP contribution in [-0.2, 0) is 22.2 Å². The summed E-state index contributed by atoms with van der Waals surface area (Å²) in [6.07, 6.45) is -3.52. The summed E-state index contributed by atoms with van der Waals surface area (Å²) in [5, 5.41) is 21.7. The molecule has 166 valence electrons. The molecule has 3 aromatic rings. The minimum atomic E-state index is -5.24. The van der Waals surface area contributed by atoms with Gasteiger partial charge in [-0.3, -0.25) is 10.1 Å². The molecule has 0 aliphatic heterocycles. The maximum Gasteiger partial charge on any atom is 0.422 e. The lowest BCUT2D eigenvalue weighted by molar-refractivity contribution is -0.384. The van der Waals surface area contributed by atoms with Crippen molar-refractivity contribution < 1.29 is 31.6 Å². The molecule has 0 radical (unpaired) electrons. The number of hydrogen-bond donors (Lipinski definition) is 2. The van der Waals surface area contributed by atoms with E-state index in [2.05, 4.69) is 0 Å². The molecule has 1 aromatic heterocycles. The van der Waals surface area contributed by atoms with Gasteiger partial charge in [0, 0.05) is 35.8 Å². The van der Waals surface area contributed by atoms with Crippen LogP contribution in [-0.4, -0.2) is 42.0 Å². The van der Waals surface area contributed by atoms with Gasteiger partial charge < -0.3 is 9.67 Å². The summed E-state index contributed by atoms with van der Waals surface area (Å²) in [6, 6.07) is 11.9. The standard InChI is InChI=1S/C19H18F3N3O5S/c1-31(29,30)23-12-18(26,19(20,21)22)16-11-24(10-13-5-3-2-4-6-13)17-9-14(25(27)28)7-8-15(16)17/h2-9,11,23,26H,10,12H2,1H3. The summed E-state index contributed by atoms with van der Waals surface area (Å²) in [7, 11) is -4.04. The van der Waals surface area contributed by atoms with Crippen LogP contribution in [0.5, 0.6) is 0 Å². The van der Waals surface area contributed by atoms with E-state index in [0.29, 0.717) is 11.8 Å². The number of halogens is 3. The van der Waals surface area contributed by atoms with E-state index in [1.165, 1.54) is 4.57 Å². The highest BCUT2D eigenvalue weighted by Crippen LogP contribution is 2.43. The molecule has 2 N–H and O–H groups in total. The molecule has 1 unspecified atom stereocenters. The van der Waals surface area contributed by atoms with Crippen LogP contribution in [0.25, 0.3) is 10.9 Å². The highest BCUT2D eigenvalue weighted by Gasteiger charge is 2.56. The summed E-state index contributed by atoms with van der Waals surface area (Å²) in [6.45, 7) is -1.28. The average molecular weight is 457 g/mol. The molecule has 31 heavy (non-hydrogen) atoms. The van der Waals surface area contributed by atoms with Gasteiger partial charge in [0.15, 0.2) is 0 Å². The summed E-state index contributed by atoms with van der Waals surface area (Å²) in [5.41, 5.74) is -3.71. The molecule has 0 spiro atoms. The monoisotopic (exact) mass is 457 g/mol. The van der Waals surface area contributed by atoms with Gasteiger partial charge in [0.1, 0.15) is 0 Å². The third-order valence-corrected chi connectivity index (χ3v) is 5.45. The van der Waals surface area contributed by atoms with Gasteiger partial charge in [0.2, 0.25) is 15.6 Å². The first-order chi connectivity index (χ1) is 14.3. The highest BCUT2D eigenvalue weighted by atomic mass is 32.2. The van der Waals surface area contributed by atoms with E-state index in [1.807, 2.05) is 0 Å². The van der Waals surface area contributed by atoms with E-state index in [0.717, 1.165) is 24.4 Å². The third-order valence-electron chi connectivity index (χ3n) is 4.78. The van der Waals surface area contributed by atoms with E-state index in [9.17, 15) is 36.8 Å². The molecule has 1 heterocycles. The number of alkyl halides is 3. The zero-order chi connectivity index (χ0) is 23.0. The number of nitrogens with zero attached hydrogens (tertiary/aromatic N) is 2. The number of rotatable bonds is 7. The predicted octanol–water partition coefficient (Wildman–Crippen LogP) is 2.90. The number of fused-ring (bicyclic) bond motifs is 1. The Hall–Kier alpha value is -2.96. The number of nitro benzene ring substituents is 1. The van der Waals surface area contributed by atoms with Gasteiger partial charge in [0.25, 0.3) is 5.69 Å². The van der Waals surface area contributed by atoms with Crippen molar-refractivity contribution in [3.63, 3.8) is 0 Å². The highest BCUT2D eigenvalue weighted by molar-refractivity contribution is 7.88. The Kier molecular flexibility index (Phi) is 5.82. The first-order valence-electron chi connectivity index (χ1n) is 8.87. The van der Waals surface area contributed by atoms with Crippen molar-refractivity contribution in [2.75, 3.05) is 12.8 Å². The minimum Gasteiger partial charge on any atom is -0.375 e. The Labute approximate surface area is 175 Å². The largest absolute Gasteiger partial charge is 0.422 e. The van der Waals surface area contributed by atoms with Crippen molar-refractivity contribution in [1.29, 1.82) is 0 Å². The normalized spacial score (nSPS) is 14.5. The van der Waals surface area contributed by atoms with Crippen molar-refractivity contribution in [3.05, 3.63) is 76.0 Å².